The molecule has 0 spiro atoms. The largest absolute Gasteiger partial charge is 0.495 e. The van der Waals surface area contributed by atoms with E-state index in [1.165, 1.54) is 25.3 Å². The van der Waals surface area contributed by atoms with Crippen LogP contribution in [0.3, 0.4) is 0 Å². The van der Waals surface area contributed by atoms with Crippen molar-refractivity contribution >= 4 is 28.5 Å². The average Bonchev–Trinajstić information content (AvgIpc) is 3.26. The summed E-state index contributed by atoms with van der Waals surface area (Å²) in [5.41, 5.74) is -0.905. The molecule has 1 saturated heterocycles. The first-order chi connectivity index (χ1) is 19.2. The molecule has 41 heavy (non-hydrogen) atoms. The maximum atomic E-state index is 14.7. The van der Waals surface area contributed by atoms with Crippen molar-refractivity contribution in [1.29, 1.82) is 5.26 Å². The number of aryl methyl sites for hydroxylation is 1. The number of piperidine rings is 1. The number of halogens is 3. The van der Waals surface area contributed by atoms with Gasteiger partial charge in [-0.05, 0) is 47.9 Å². The third-order valence-electron chi connectivity index (χ3n) is 8.04. The molecular formula is C30H34F3N5O3. The van der Waals surface area contributed by atoms with E-state index >= 15 is 0 Å². The van der Waals surface area contributed by atoms with Gasteiger partial charge in [0.05, 0.1) is 30.1 Å². The van der Waals surface area contributed by atoms with Gasteiger partial charge in [-0.25, -0.2) is 4.98 Å². The molecular weight excluding hydrogens is 535 g/mol. The summed E-state index contributed by atoms with van der Waals surface area (Å²) in [5.74, 6) is -0.916. The standard InChI is InChI=1S/C30H34F3N5O3/c1-17(29(2,3)4)28(40)38-11-9-18(10-12-38)21-16-37(5)26-24(21)25(30(31,32)33)22(15-35-26)36-27(39)19-7-8-23(41-6)20(13-19)14-34/h7-8,13,15-18H,9-12H2,1-6H3,(H,36,39). The molecule has 1 atom stereocenters. The Morgan fingerprint density at radius 3 is 2.41 bits per heavy atom. The monoisotopic (exact) mass is 569 g/mol. The number of nitriles is 1. The number of rotatable bonds is 5. The molecule has 8 nitrogen and oxygen atoms in total. The van der Waals surface area contributed by atoms with Gasteiger partial charge in [0.2, 0.25) is 5.91 Å². The number of nitrogens with zero attached hydrogens (tertiary/aromatic N) is 4. The van der Waals surface area contributed by atoms with Crippen molar-refractivity contribution in [2.24, 2.45) is 18.4 Å². The minimum atomic E-state index is -4.80. The number of benzene rings is 1. The molecule has 0 saturated carbocycles. The molecule has 3 aromatic rings. The third kappa shape index (κ3) is 5.87. The summed E-state index contributed by atoms with van der Waals surface area (Å²) in [6.07, 6.45) is -1.09. The molecule has 1 fully saturated rings. The van der Waals surface area contributed by atoms with Crippen molar-refractivity contribution in [1.82, 2.24) is 14.5 Å². The second kappa shape index (κ2) is 11.1. The van der Waals surface area contributed by atoms with Crippen molar-refractivity contribution in [2.45, 2.75) is 52.6 Å². The highest BCUT2D eigenvalue weighted by Crippen LogP contribution is 2.44. The summed E-state index contributed by atoms with van der Waals surface area (Å²) in [6.45, 7) is 8.84. The van der Waals surface area contributed by atoms with Crippen molar-refractivity contribution < 1.29 is 27.5 Å². The van der Waals surface area contributed by atoms with Crippen LogP contribution in [0.1, 0.15) is 73.5 Å². The molecule has 0 aliphatic carbocycles. The smallest absolute Gasteiger partial charge is 0.419 e. The van der Waals surface area contributed by atoms with Gasteiger partial charge in [-0.3, -0.25) is 9.59 Å². The molecule has 0 radical (unpaired) electrons. The lowest BCUT2D eigenvalue weighted by molar-refractivity contribution is -0.139. The van der Waals surface area contributed by atoms with Crippen LogP contribution in [0.4, 0.5) is 18.9 Å². The predicted octanol–water partition coefficient (Wildman–Crippen LogP) is 6.11. The lowest BCUT2D eigenvalue weighted by atomic mass is 9.80. The van der Waals surface area contributed by atoms with Crippen molar-refractivity contribution in [3.05, 3.63) is 52.8 Å². The number of hydrogen-bond acceptors (Lipinski definition) is 5. The van der Waals surface area contributed by atoms with Crippen LogP contribution in [0.15, 0.2) is 30.6 Å². The minimum absolute atomic E-state index is 0.00498. The predicted molar refractivity (Wildman–Crippen MR) is 149 cm³/mol. The molecule has 1 aliphatic rings. The van der Waals surface area contributed by atoms with E-state index in [-0.39, 0.29) is 51.1 Å². The maximum Gasteiger partial charge on any atom is 0.419 e. The van der Waals surface area contributed by atoms with Gasteiger partial charge in [0.1, 0.15) is 17.5 Å². The van der Waals surface area contributed by atoms with Gasteiger partial charge >= 0.3 is 6.18 Å². The number of alkyl halides is 3. The maximum absolute atomic E-state index is 14.7. The summed E-state index contributed by atoms with van der Waals surface area (Å²) < 4.78 is 50.7. The first kappa shape index (κ1) is 29.9. The van der Waals surface area contributed by atoms with Crippen molar-refractivity contribution in [3.63, 3.8) is 0 Å². The first-order valence-electron chi connectivity index (χ1n) is 13.4. The fraction of sp³-hybridized carbons (Fsp3) is 0.467. The normalized spacial score (nSPS) is 15.5. The molecule has 0 bridgehead atoms. The summed E-state index contributed by atoms with van der Waals surface area (Å²) in [6, 6.07) is 5.96. The number of ether oxygens (including phenoxy) is 1. The van der Waals surface area contributed by atoms with Crippen LogP contribution in [-0.4, -0.2) is 46.5 Å². The minimum Gasteiger partial charge on any atom is -0.495 e. The molecule has 2 aromatic heterocycles. The second-order valence-electron chi connectivity index (χ2n) is 11.6. The highest BCUT2D eigenvalue weighted by Gasteiger charge is 2.40. The zero-order valence-electron chi connectivity index (χ0n) is 24.0. The van der Waals surface area contributed by atoms with E-state index in [0.717, 1.165) is 6.20 Å². The number of nitrogens with one attached hydrogen (secondary N) is 1. The Balaban J connectivity index is 1.69. The lowest BCUT2D eigenvalue weighted by Gasteiger charge is -2.37. The van der Waals surface area contributed by atoms with E-state index in [9.17, 15) is 28.0 Å². The molecule has 1 aliphatic heterocycles. The van der Waals surface area contributed by atoms with Crippen LogP contribution in [0.2, 0.25) is 0 Å². The van der Waals surface area contributed by atoms with E-state index in [1.807, 2.05) is 33.8 Å². The molecule has 4 rings (SSSR count). The van der Waals surface area contributed by atoms with E-state index in [2.05, 4.69) is 10.3 Å². The summed E-state index contributed by atoms with van der Waals surface area (Å²) >= 11 is 0. The molecule has 218 valence electrons. The first-order valence-corrected chi connectivity index (χ1v) is 13.4. The van der Waals surface area contributed by atoms with Gasteiger partial charge in [0.15, 0.2) is 0 Å². The Hall–Kier alpha value is -4.07. The highest BCUT2D eigenvalue weighted by atomic mass is 19.4. The van der Waals surface area contributed by atoms with Gasteiger partial charge in [-0.1, -0.05) is 27.7 Å². The number of hydrogen-bond donors (Lipinski definition) is 1. The van der Waals surface area contributed by atoms with E-state index in [0.29, 0.717) is 31.5 Å². The number of fused-ring (bicyclic) bond motifs is 1. The number of carbonyl (C=O) groups excluding carboxylic acids is 2. The number of aromatic nitrogens is 2. The van der Waals surface area contributed by atoms with Crippen LogP contribution in [0, 0.1) is 22.7 Å². The van der Waals surface area contributed by atoms with E-state index in [1.54, 1.807) is 22.7 Å². The quantitative estimate of drug-likeness (QED) is 0.400. The number of methoxy groups -OCH3 is 1. The van der Waals surface area contributed by atoms with Gasteiger partial charge in [0, 0.05) is 43.2 Å². The molecule has 1 aromatic carbocycles. The Labute approximate surface area is 237 Å². The fourth-order valence-corrected chi connectivity index (χ4v) is 5.26. The van der Waals surface area contributed by atoms with Crippen LogP contribution < -0.4 is 10.1 Å². The number of anilines is 1. The number of pyridine rings is 1. The Morgan fingerprint density at radius 1 is 1.20 bits per heavy atom. The summed E-state index contributed by atoms with van der Waals surface area (Å²) in [4.78, 5) is 32.1. The van der Waals surface area contributed by atoms with Gasteiger partial charge in [0.25, 0.3) is 5.91 Å². The Bertz CT molecular complexity index is 1520. The summed E-state index contributed by atoms with van der Waals surface area (Å²) in [5, 5.41) is 11.6. The molecule has 11 heteroatoms. The number of carbonyl (C=O) groups is 2. The summed E-state index contributed by atoms with van der Waals surface area (Å²) in [7, 11) is 3.01. The van der Waals surface area contributed by atoms with Crippen molar-refractivity contribution in [3.8, 4) is 11.8 Å². The van der Waals surface area contributed by atoms with Gasteiger partial charge in [-0.15, -0.1) is 0 Å². The zero-order valence-corrected chi connectivity index (χ0v) is 24.0. The Morgan fingerprint density at radius 2 is 1.85 bits per heavy atom. The lowest BCUT2D eigenvalue weighted by Crippen LogP contribution is -2.43. The van der Waals surface area contributed by atoms with Gasteiger partial charge in [-0.2, -0.15) is 18.4 Å². The van der Waals surface area contributed by atoms with E-state index < -0.39 is 23.3 Å². The average molecular weight is 570 g/mol. The molecule has 1 unspecified atom stereocenters. The fourth-order valence-electron chi connectivity index (χ4n) is 5.26. The number of likely N-dealkylation sites (tertiary alicyclic amines) is 1. The van der Waals surface area contributed by atoms with E-state index in [4.69, 9.17) is 4.74 Å². The molecule has 1 N–H and O–H groups in total. The van der Waals surface area contributed by atoms with Crippen LogP contribution in [-0.2, 0) is 18.0 Å². The molecule has 2 amide bonds. The zero-order chi connectivity index (χ0) is 30.3. The van der Waals surface area contributed by atoms with Crippen LogP contribution >= 0.6 is 0 Å². The highest BCUT2D eigenvalue weighted by molar-refractivity contribution is 6.06. The third-order valence-corrected chi connectivity index (χ3v) is 8.04. The second-order valence-corrected chi connectivity index (χ2v) is 11.6. The van der Waals surface area contributed by atoms with Crippen molar-refractivity contribution in [2.75, 3.05) is 25.5 Å². The SMILES string of the molecule is COc1ccc(C(=O)Nc2cnc3c(c(C4CCN(C(=O)C(C)C(C)(C)C)CC4)cn3C)c2C(F)(F)F)cc1C#N. The topological polar surface area (TPSA) is 100 Å². The van der Waals surface area contributed by atoms with Crippen LogP contribution in [0.25, 0.3) is 11.0 Å². The Kier molecular flexibility index (Phi) is 8.07. The van der Waals surface area contributed by atoms with Gasteiger partial charge < -0.3 is 19.5 Å². The number of amides is 2. The van der Waals surface area contributed by atoms with Crippen LogP contribution in [0.5, 0.6) is 5.75 Å². The molecule has 3 heterocycles.